The molecule has 1 aromatic heterocycles. The SMILES string of the molecule is COC(=O)Nc1nccc2cc(NCc3ccc(CO[C@@H]4C[C@@H]5CC4CN5C)cc3F)ccc12. The van der Waals surface area contributed by atoms with Gasteiger partial charge in [-0.25, -0.2) is 14.2 Å². The fraction of sp³-hybridized carbons (Fsp3) is 0.385. The molecule has 7 nitrogen and oxygen atoms in total. The predicted octanol–water partition coefficient (Wildman–Crippen LogP) is 4.77. The van der Waals surface area contributed by atoms with Crippen molar-refractivity contribution < 1.29 is 18.7 Å². The van der Waals surface area contributed by atoms with Crippen molar-refractivity contribution in [2.24, 2.45) is 5.92 Å². The van der Waals surface area contributed by atoms with Crippen LogP contribution in [-0.2, 0) is 22.6 Å². The molecule has 0 spiro atoms. The Morgan fingerprint density at radius 2 is 2.09 bits per heavy atom. The number of likely N-dealkylation sites (tertiary alicyclic amines) is 1. The van der Waals surface area contributed by atoms with Gasteiger partial charge in [-0.05, 0) is 67.1 Å². The van der Waals surface area contributed by atoms with Crippen LogP contribution in [0.5, 0.6) is 0 Å². The van der Waals surface area contributed by atoms with Crippen molar-refractivity contribution in [3.63, 3.8) is 0 Å². The number of aromatic nitrogens is 1. The van der Waals surface area contributed by atoms with Gasteiger partial charge in [-0.1, -0.05) is 12.1 Å². The van der Waals surface area contributed by atoms with Crippen molar-refractivity contribution in [2.45, 2.75) is 38.1 Å². The van der Waals surface area contributed by atoms with Gasteiger partial charge in [0.1, 0.15) is 11.6 Å². The highest BCUT2D eigenvalue weighted by molar-refractivity contribution is 5.99. The molecular formula is C26H29FN4O3. The van der Waals surface area contributed by atoms with Crippen LogP contribution in [-0.4, -0.2) is 48.8 Å². The highest BCUT2D eigenvalue weighted by Crippen LogP contribution is 2.38. The lowest BCUT2D eigenvalue weighted by atomic mass is 10.1. The van der Waals surface area contributed by atoms with Gasteiger partial charge in [0.2, 0.25) is 0 Å². The number of nitrogens with one attached hydrogen (secondary N) is 2. The van der Waals surface area contributed by atoms with E-state index in [2.05, 4.69) is 32.3 Å². The molecule has 0 radical (unpaired) electrons. The average molecular weight is 465 g/mol. The summed E-state index contributed by atoms with van der Waals surface area (Å²) >= 11 is 0. The molecule has 8 heteroatoms. The van der Waals surface area contributed by atoms with Crippen LogP contribution >= 0.6 is 0 Å². The summed E-state index contributed by atoms with van der Waals surface area (Å²) in [4.78, 5) is 18.1. The number of hydrogen-bond donors (Lipinski definition) is 2. The molecule has 34 heavy (non-hydrogen) atoms. The van der Waals surface area contributed by atoms with E-state index in [0.717, 1.165) is 35.0 Å². The normalized spacial score (nSPS) is 21.7. The van der Waals surface area contributed by atoms with Gasteiger partial charge in [-0.15, -0.1) is 0 Å². The number of rotatable bonds is 7. The van der Waals surface area contributed by atoms with Crippen LogP contribution in [0.15, 0.2) is 48.7 Å². The number of halogens is 1. The molecule has 178 valence electrons. The third kappa shape index (κ3) is 4.69. The summed E-state index contributed by atoms with van der Waals surface area (Å²) in [6.07, 6.45) is 3.63. The monoisotopic (exact) mass is 464 g/mol. The molecule has 1 aliphatic heterocycles. The summed E-state index contributed by atoms with van der Waals surface area (Å²) in [5.41, 5.74) is 2.30. The molecule has 3 aromatic rings. The number of anilines is 2. The smallest absolute Gasteiger partial charge is 0.412 e. The third-order valence-corrected chi connectivity index (χ3v) is 6.99. The molecule has 1 amide bonds. The summed E-state index contributed by atoms with van der Waals surface area (Å²) in [7, 11) is 3.48. The number of pyridine rings is 1. The maximum atomic E-state index is 14.8. The first-order valence-corrected chi connectivity index (χ1v) is 11.6. The van der Waals surface area contributed by atoms with Crippen molar-refractivity contribution in [3.05, 3.63) is 65.6 Å². The second kappa shape index (κ2) is 9.56. The zero-order valence-corrected chi connectivity index (χ0v) is 19.4. The summed E-state index contributed by atoms with van der Waals surface area (Å²) in [5.74, 6) is 0.793. The Morgan fingerprint density at radius 1 is 1.21 bits per heavy atom. The Balaban J connectivity index is 1.19. The Kier molecular flexibility index (Phi) is 6.34. The number of ether oxygens (including phenoxy) is 2. The molecular weight excluding hydrogens is 435 g/mol. The van der Waals surface area contributed by atoms with Crippen LogP contribution < -0.4 is 10.6 Å². The summed E-state index contributed by atoms with van der Waals surface area (Å²) in [6, 6.07) is 13.5. The Labute approximate surface area is 198 Å². The van der Waals surface area contributed by atoms with E-state index < -0.39 is 6.09 Å². The van der Waals surface area contributed by atoms with E-state index in [-0.39, 0.29) is 11.9 Å². The number of carbonyl (C=O) groups excluding carboxylic acids is 1. The summed E-state index contributed by atoms with van der Waals surface area (Å²) in [5, 5.41) is 7.57. The molecule has 2 N–H and O–H groups in total. The lowest BCUT2D eigenvalue weighted by Crippen LogP contribution is -2.35. The number of benzene rings is 2. The van der Waals surface area contributed by atoms with Crippen LogP contribution in [0.1, 0.15) is 24.0 Å². The summed E-state index contributed by atoms with van der Waals surface area (Å²) in [6.45, 7) is 1.90. The molecule has 2 aliphatic rings. The van der Waals surface area contributed by atoms with Gasteiger partial charge in [-0.2, -0.15) is 0 Å². The van der Waals surface area contributed by atoms with Crippen molar-refractivity contribution >= 4 is 28.4 Å². The molecule has 1 aliphatic carbocycles. The second-order valence-corrected chi connectivity index (χ2v) is 9.17. The number of amides is 1. The molecule has 2 aromatic carbocycles. The van der Waals surface area contributed by atoms with Gasteiger partial charge >= 0.3 is 6.09 Å². The minimum Gasteiger partial charge on any atom is -0.453 e. The first-order chi connectivity index (χ1) is 16.5. The van der Waals surface area contributed by atoms with Crippen LogP contribution in [0.2, 0.25) is 0 Å². The van der Waals surface area contributed by atoms with E-state index in [9.17, 15) is 9.18 Å². The zero-order chi connectivity index (χ0) is 23.7. The van der Waals surface area contributed by atoms with Gasteiger partial charge in [0.15, 0.2) is 0 Å². The van der Waals surface area contributed by atoms with E-state index in [0.29, 0.717) is 36.5 Å². The second-order valence-electron chi connectivity index (χ2n) is 9.17. The van der Waals surface area contributed by atoms with Crippen molar-refractivity contribution in [1.29, 1.82) is 0 Å². The number of fused-ring (bicyclic) bond motifs is 3. The van der Waals surface area contributed by atoms with Gasteiger partial charge in [0, 0.05) is 42.0 Å². The highest BCUT2D eigenvalue weighted by atomic mass is 19.1. The minimum atomic E-state index is -0.574. The van der Waals surface area contributed by atoms with Crippen LogP contribution in [0, 0.1) is 11.7 Å². The molecule has 2 bridgehead atoms. The van der Waals surface area contributed by atoms with E-state index >= 15 is 0 Å². The van der Waals surface area contributed by atoms with Gasteiger partial charge in [0.25, 0.3) is 0 Å². The van der Waals surface area contributed by atoms with E-state index in [1.54, 1.807) is 12.3 Å². The Bertz CT molecular complexity index is 1200. The number of piperidine rings is 1. The van der Waals surface area contributed by atoms with E-state index in [4.69, 9.17) is 4.74 Å². The third-order valence-electron chi connectivity index (χ3n) is 6.99. The van der Waals surface area contributed by atoms with Gasteiger partial charge < -0.3 is 19.7 Å². The Hall–Kier alpha value is -3.23. The molecule has 3 atom stereocenters. The molecule has 2 heterocycles. The molecule has 2 fully saturated rings. The van der Waals surface area contributed by atoms with E-state index in [1.165, 1.54) is 13.5 Å². The predicted molar refractivity (Wildman–Crippen MR) is 129 cm³/mol. The summed E-state index contributed by atoms with van der Waals surface area (Å²) < 4.78 is 25.5. The van der Waals surface area contributed by atoms with Gasteiger partial charge in [-0.3, -0.25) is 5.32 Å². The molecule has 1 saturated heterocycles. The first kappa shape index (κ1) is 22.6. The lowest BCUT2D eigenvalue weighted by Gasteiger charge is -2.28. The fourth-order valence-corrected chi connectivity index (χ4v) is 5.09. The maximum Gasteiger partial charge on any atom is 0.412 e. The minimum absolute atomic E-state index is 0.240. The zero-order valence-electron chi connectivity index (χ0n) is 19.4. The quantitative estimate of drug-likeness (QED) is 0.525. The number of hydrogen-bond acceptors (Lipinski definition) is 6. The van der Waals surface area contributed by atoms with Crippen molar-refractivity contribution in [3.8, 4) is 0 Å². The van der Waals surface area contributed by atoms with Crippen LogP contribution in [0.25, 0.3) is 10.8 Å². The molecule has 1 unspecified atom stereocenters. The number of methoxy groups -OCH3 is 1. The topological polar surface area (TPSA) is 75.7 Å². The first-order valence-electron chi connectivity index (χ1n) is 11.6. The molecule has 1 saturated carbocycles. The van der Waals surface area contributed by atoms with E-state index in [1.807, 2.05) is 36.4 Å². The van der Waals surface area contributed by atoms with Crippen LogP contribution in [0.3, 0.4) is 0 Å². The Morgan fingerprint density at radius 3 is 2.82 bits per heavy atom. The van der Waals surface area contributed by atoms with Gasteiger partial charge in [0.05, 0.1) is 19.8 Å². The fourth-order valence-electron chi connectivity index (χ4n) is 5.09. The maximum absolute atomic E-state index is 14.8. The van der Waals surface area contributed by atoms with Crippen LogP contribution in [0.4, 0.5) is 20.7 Å². The largest absolute Gasteiger partial charge is 0.453 e. The molecule has 5 rings (SSSR count). The number of carbonyl (C=O) groups is 1. The highest BCUT2D eigenvalue weighted by Gasteiger charge is 2.43. The standard InChI is InChI=1S/C26H29FN4O3/c1-31-14-19-11-21(31)12-24(19)34-15-16-3-4-18(23(27)9-16)13-29-20-5-6-22-17(10-20)7-8-28-25(22)30-26(32)33-2/h3-10,19,21,24,29H,11-15H2,1-2H3,(H,28,30,32)/t19?,21-,24+/m0/s1. The van der Waals surface area contributed by atoms with Crippen molar-refractivity contribution in [1.82, 2.24) is 9.88 Å². The lowest BCUT2D eigenvalue weighted by molar-refractivity contribution is -0.00641. The number of nitrogens with zero attached hydrogens (tertiary/aromatic N) is 2. The average Bonchev–Trinajstić information content (AvgIpc) is 3.41. The van der Waals surface area contributed by atoms with Crippen molar-refractivity contribution in [2.75, 3.05) is 31.3 Å².